The first-order chi connectivity index (χ1) is 11.4. The minimum Gasteiger partial charge on any atom is -0.444 e. The van der Waals surface area contributed by atoms with E-state index in [-0.39, 0.29) is 12.1 Å². The first kappa shape index (κ1) is 17.0. The lowest BCUT2D eigenvalue weighted by molar-refractivity contribution is 0.0509. The van der Waals surface area contributed by atoms with Gasteiger partial charge in [0.25, 0.3) is 0 Å². The molecule has 0 saturated carbocycles. The van der Waals surface area contributed by atoms with Gasteiger partial charge in [0, 0.05) is 31.7 Å². The van der Waals surface area contributed by atoms with Crippen molar-refractivity contribution in [2.24, 2.45) is 0 Å². The van der Waals surface area contributed by atoms with E-state index in [1.165, 1.54) is 0 Å². The van der Waals surface area contributed by atoms with Crippen LogP contribution < -0.4 is 10.2 Å². The van der Waals surface area contributed by atoms with Crippen LogP contribution in [0.15, 0.2) is 12.4 Å². The summed E-state index contributed by atoms with van der Waals surface area (Å²) in [5.41, 5.74) is 0.564. The highest BCUT2D eigenvalue weighted by Gasteiger charge is 2.28. The molecule has 0 bridgehead atoms. The fraction of sp³-hybridized carbons (Fsp3) is 0.706. The molecule has 3 heterocycles. The molecule has 0 radical (unpaired) electrons. The minimum atomic E-state index is -0.479. The van der Waals surface area contributed by atoms with E-state index in [0.29, 0.717) is 5.92 Å². The number of ether oxygens (including phenoxy) is 2. The number of nitrogens with zero attached hydrogens (tertiary/aromatic N) is 3. The summed E-state index contributed by atoms with van der Waals surface area (Å²) < 4.78 is 10.8. The van der Waals surface area contributed by atoms with Crippen molar-refractivity contribution in [1.29, 1.82) is 0 Å². The van der Waals surface area contributed by atoms with E-state index in [9.17, 15) is 4.79 Å². The second-order valence-corrected chi connectivity index (χ2v) is 7.44. The van der Waals surface area contributed by atoms with Crippen molar-refractivity contribution in [2.75, 3.05) is 31.2 Å². The number of nitrogens with one attached hydrogen (secondary N) is 1. The van der Waals surface area contributed by atoms with E-state index in [0.717, 1.165) is 50.7 Å². The average molecular weight is 334 g/mol. The van der Waals surface area contributed by atoms with Crippen LogP contribution in [-0.2, 0) is 9.47 Å². The van der Waals surface area contributed by atoms with E-state index in [1.54, 1.807) is 6.33 Å². The fourth-order valence-electron chi connectivity index (χ4n) is 3.09. The van der Waals surface area contributed by atoms with Crippen molar-refractivity contribution in [3.05, 3.63) is 18.1 Å². The van der Waals surface area contributed by atoms with E-state index in [4.69, 9.17) is 9.47 Å². The number of amides is 1. The van der Waals surface area contributed by atoms with Gasteiger partial charge in [0.2, 0.25) is 0 Å². The molecule has 24 heavy (non-hydrogen) atoms. The molecular weight excluding hydrogens is 308 g/mol. The van der Waals surface area contributed by atoms with Crippen LogP contribution in [0.1, 0.15) is 45.2 Å². The van der Waals surface area contributed by atoms with Gasteiger partial charge in [-0.2, -0.15) is 0 Å². The molecule has 2 aliphatic rings. The predicted octanol–water partition coefficient (Wildman–Crippen LogP) is 2.08. The Kier molecular flexibility index (Phi) is 4.89. The lowest BCUT2D eigenvalue weighted by Gasteiger charge is -2.22. The molecule has 3 rings (SSSR count). The van der Waals surface area contributed by atoms with Crippen LogP contribution in [0.5, 0.6) is 0 Å². The standard InChI is InChI=1S/C17H26N4O3/c1-17(2,3)24-16(22)20-13-4-6-21(9-13)15-8-14(18-11-19-15)12-5-7-23-10-12/h8,11-13H,4-7,9-10H2,1-3H3,(H,20,22). The Balaban J connectivity index is 1.57. The quantitative estimate of drug-likeness (QED) is 0.912. The Bertz CT molecular complexity index is 581. The summed E-state index contributed by atoms with van der Waals surface area (Å²) in [4.78, 5) is 22.9. The molecule has 1 N–H and O–H groups in total. The third-order valence-corrected chi connectivity index (χ3v) is 4.25. The van der Waals surface area contributed by atoms with Gasteiger partial charge in [0.05, 0.1) is 18.3 Å². The second kappa shape index (κ2) is 6.93. The molecule has 2 unspecified atom stereocenters. The van der Waals surface area contributed by atoms with Crippen molar-refractivity contribution in [3.63, 3.8) is 0 Å². The van der Waals surface area contributed by atoms with E-state index < -0.39 is 5.60 Å². The number of aromatic nitrogens is 2. The molecule has 2 atom stereocenters. The van der Waals surface area contributed by atoms with Crippen LogP contribution in [0.2, 0.25) is 0 Å². The van der Waals surface area contributed by atoms with E-state index >= 15 is 0 Å². The minimum absolute atomic E-state index is 0.0769. The molecule has 132 valence electrons. The molecule has 2 aliphatic heterocycles. The van der Waals surface area contributed by atoms with Crippen molar-refractivity contribution >= 4 is 11.9 Å². The summed E-state index contributed by atoms with van der Waals surface area (Å²) in [6.45, 7) is 8.72. The zero-order chi connectivity index (χ0) is 17.2. The topological polar surface area (TPSA) is 76.6 Å². The number of rotatable bonds is 3. The number of carbonyl (C=O) groups is 1. The summed E-state index contributed by atoms with van der Waals surface area (Å²) in [7, 11) is 0. The van der Waals surface area contributed by atoms with E-state index in [1.807, 2.05) is 20.8 Å². The molecule has 0 aromatic carbocycles. The number of carbonyl (C=O) groups excluding carboxylic acids is 1. The summed E-state index contributed by atoms with van der Waals surface area (Å²) in [5.74, 6) is 1.28. The van der Waals surface area contributed by atoms with Crippen molar-refractivity contribution in [2.45, 2.75) is 51.2 Å². The number of hydrogen-bond donors (Lipinski definition) is 1. The highest BCUT2D eigenvalue weighted by Crippen LogP contribution is 2.26. The maximum atomic E-state index is 11.9. The first-order valence-electron chi connectivity index (χ1n) is 8.55. The van der Waals surface area contributed by atoms with Gasteiger partial charge in [-0.05, 0) is 33.6 Å². The van der Waals surface area contributed by atoms with Gasteiger partial charge in [-0.1, -0.05) is 0 Å². The van der Waals surface area contributed by atoms with Gasteiger partial charge in [0.15, 0.2) is 0 Å². The van der Waals surface area contributed by atoms with Crippen LogP contribution in [0, 0.1) is 0 Å². The van der Waals surface area contributed by atoms with Crippen LogP contribution >= 0.6 is 0 Å². The normalized spacial score (nSPS) is 24.2. The Morgan fingerprint density at radius 1 is 1.38 bits per heavy atom. The lowest BCUT2D eigenvalue weighted by atomic mass is 10.0. The third kappa shape index (κ3) is 4.35. The molecule has 2 fully saturated rings. The molecular formula is C17H26N4O3. The predicted molar refractivity (Wildman–Crippen MR) is 90.2 cm³/mol. The smallest absolute Gasteiger partial charge is 0.407 e. The third-order valence-electron chi connectivity index (χ3n) is 4.25. The van der Waals surface area contributed by atoms with E-state index in [2.05, 4.69) is 26.3 Å². The zero-order valence-corrected chi connectivity index (χ0v) is 14.6. The van der Waals surface area contributed by atoms with Gasteiger partial charge in [-0.15, -0.1) is 0 Å². The van der Waals surface area contributed by atoms with Gasteiger partial charge in [-0.25, -0.2) is 14.8 Å². The van der Waals surface area contributed by atoms with Gasteiger partial charge in [-0.3, -0.25) is 0 Å². The molecule has 7 nitrogen and oxygen atoms in total. The monoisotopic (exact) mass is 334 g/mol. The molecule has 0 aliphatic carbocycles. The van der Waals surface area contributed by atoms with Gasteiger partial charge < -0.3 is 19.7 Å². The van der Waals surface area contributed by atoms with Gasteiger partial charge in [0.1, 0.15) is 17.7 Å². The summed E-state index contributed by atoms with van der Waals surface area (Å²) in [6, 6.07) is 2.13. The molecule has 0 spiro atoms. The lowest BCUT2D eigenvalue weighted by Crippen LogP contribution is -2.40. The SMILES string of the molecule is CC(C)(C)OC(=O)NC1CCN(c2cc(C3CCOC3)ncn2)C1. The molecule has 2 saturated heterocycles. The largest absolute Gasteiger partial charge is 0.444 e. The molecule has 1 aromatic rings. The highest BCUT2D eigenvalue weighted by atomic mass is 16.6. The van der Waals surface area contributed by atoms with Crippen LogP contribution in [0.25, 0.3) is 0 Å². The Labute approximate surface area is 142 Å². The highest BCUT2D eigenvalue weighted by molar-refractivity contribution is 5.68. The van der Waals surface area contributed by atoms with Crippen LogP contribution in [0.4, 0.5) is 10.6 Å². The average Bonchev–Trinajstić information content (AvgIpc) is 3.16. The fourth-order valence-corrected chi connectivity index (χ4v) is 3.09. The first-order valence-corrected chi connectivity index (χ1v) is 8.55. The molecule has 1 aromatic heterocycles. The van der Waals surface area contributed by atoms with Crippen molar-refractivity contribution in [1.82, 2.24) is 15.3 Å². The Morgan fingerprint density at radius 2 is 2.21 bits per heavy atom. The maximum absolute atomic E-state index is 11.9. The zero-order valence-electron chi connectivity index (χ0n) is 14.6. The van der Waals surface area contributed by atoms with Crippen molar-refractivity contribution in [3.8, 4) is 0 Å². The van der Waals surface area contributed by atoms with Crippen LogP contribution in [0.3, 0.4) is 0 Å². The van der Waals surface area contributed by atoms with Crippen molar-refractivity contribution < 1.29 is 14.3 Å². The summed E-state index contributed by atoms with van der Waals surface area (Å²) in [6.07, 6.45) is 3.16. The van der Waals surface area contributed by atoms with Gasteiger partial charge >= 0.3 is 6.09 Å². The molecule has 1 amide bonds. The number of anilines is 1. The maximum Gasteiger partial charge on any atom is 0.407 e. The number of hydrogen-bond acceptors (Lipinski definition) is 6. The summed E-state index contributed by atoms with van der Waals surface area (Å²) >= 11 is 0. The molecule has 7 heteroatoms. The Morgan fingerprint density at radius 3 is 2.92 bits per heavy atom. The Hall–Kier alpha value is -1.89. The van der Waals surface area contributed by atoms with Crippen LogP contribution in [-0.4, -0.2) is 54.0 Å². The summed E-state index contributed by atoms with van der Waals surface area (Å²) in [5, 5.41) is 2.94. The second-order valence-electron chi connectivity index (χ2n) is 7.44. The number of alkyl carbamates (subject to hydrolysis) is 1.